The molecule has 0 unspecified atom stereocenters. The summed E-state index contributed by atoms with van der Waals surface area (Å²) in [6.45, 7) is -3.53. The molecular formula is C28H28BO8-. The summed E-state index contributed by atoms with van der Waals surface area (Å²) in [5.41, 5.74) is 1.88. The molecule has 0 spiro atoms. The summed E-state index contributed by atoms with van der Waals surface area (Å²) in [5, 5.41) is 41.0. The number of hydrogen-bond acceptors (Lipinski definition) is 8. The van der Waals surface area contributed by atoms with Gasteiger partial charge in [0.25, 0.3) is 0 Å². The quantitative estimate of drug-likeness (QED) is 0.197. The first kappa shape index (κ1) is 26.1. The second kappa shape index (κ2) is 12.3. The molecule has 0 aromatic heterocycles. The Hall–Kier alpha value is -4.02. The second-order valence-electron chi connectivity index (χ2n) is 8.34. The smallest absolute Gasteiger partial charge is 0.515 e. The number of para-hydroxylation sites is 4. The van der Waals surface area contributed by atoms with Gasteiger partial charge >= 0.3 is 6.96 Å². The Labute approximate surface area is 214 Å². The molecule has 9 heteroatoms. The maximum Gasteiger partial charge on any atom is 0.532 e. The number of benzene rings is 4. The van der Waals surface area contributed by atoms with Crippen molar-refractivity contribution in [3.63, 3.8) is 0 Å². The molecule has 0 radical (unpaired) electrons. The van der Waals surface area contributed by atoms with E-state index in [0.29, 0.717) is 22.3 Å². The second-order valence-corrected chi connectivity index (χ2v) is 8.34. The van der Waals surface area contributed by atoms with Crippen molar-refractivity contribution in [1.29, 1.82) is 0 Å². The van der Waals surface area contributed by atoms with Gasteiger partial charge in [0.05, 0.1) is 0 Å². The average molecular weight is 503 g/mol. The van der Waals surface area contributed by atoms with Crippen LogP contribution in [0.4, 0.5) is 0 Å². The van der Waals surface area contributed by atoms with Crippen LogP contribution in [0.1, 0.15) is 22.3 Å². The van der Waals surface area contributed by atoms with Gasteiger partial charge in [-0.3, -0.25) is 0 Å². The lowest BCUT2D eigenvalue weighted by Crippen LogP contribution is -2.48. The Kier molecular flexibility index (Phi) is 8.66. The van der Waals surface area contributed by atoms with Gasteiger partial charge in [0.1, 0.15) is 23.0 Å². The predicted molar refractivity (Wildman–Crippen MR) is 137 cm³/mol. The maximum absolute atomic E-state index is 10.2. The van der Waals surface area contributed by atoms with E-state index in [1.165, 1.54) is 24.3 Å². The lowest BCUT2D eigenvalue weighted by Gasteiger charge is -2.41. The van der Waals surface area contributed by atoms with Crippen molar-refractivity contribution in [3.8, 4) is 23.0 Å². The van der Waals surface area contributed by atoms with E-state index in [0.717, 1.165) is 0 Å². The summed E-state index contributed by atoms with van der Waals surface area (Å²) in [6.07, 6.45) is 0. The Morgan fingerprint density at radius 1 is 0.378 bits per heavy atom. The number of hydrogen-bond donors (Lipinski definition) is 4. The molecule has 192 valence electrons. The standard InChI is InChI=1S/C28H28BO8/c30-25-13-5-1-9-21(25)17-34-29(35-18-22-10-2-6-14-26(22)31,36-19-23-11-3-7-15-27(23)32)37-20-24-12-4-8-16-28(24)33/h1-16,30-33H,17-20H2/q-1. The van der Waals surface area contributed by atoms with Gasteiger partial charge in [-0.15, -0.1) is 0 Å². The average Bonchev–Trinajstić information content (AvgIpc) is 2.91. The fourth-order valence-corrected chi connectivity index (χ4v) is 3.59. The highest BCUT2D eigenvalue weighted by Crippen LogP contribution is 2.28. The Morgan fingerprint density at radius 2 is 0.595 bits per heavy atom. The van der Waals surface area contributed by atoms with Crippen molar-refractivity contribution in [2.75, 3.05) is 0 Å². The van der Waals surface area contributed by atoms with Crippen LogP contribution in [0.25, 0.3) is 0 Å². The van der Waals surface area contributed by atoms with Crippen LogP contribution >= 0.6 is 0 Å². The molecule has 0 saturated carbocycles. The molecule has 0 aliphatic carbocycles. The van der Waals surface area contributed by atoms with Crippen LogP contribution in [0.5, 0.6) is 23.0 Å². The highest BCUT2D eigenvalue weighted by Gasteiger charge is 2.34. The lowest BCUT2D eigenvalue weighted by atomic mass is 10.0. The van der Waals surface area contributed by atoms with Crippen LogP contribution in [0.2, 0.25) is 0 Å². The van der Waals surface area contributed by atoms with E-state index in [1.54, 1.807) is 72.8 Å². The van der Waals surface area contributed by atoms with E-state index in [4.69, 9.17) is 18.6 Å². The Balaban J connectivity index is 1.64. The maximum atomic E-state index is 10.2. The first-order chi connectivity index (χ1) is 18.0. The molecule has 4 rings (SSSR count). The van der Waals surface area contributed by atoms with Gasteiger partial charge in [0.15, 0.2) is 0 Å². The molecule has 0 aliphatic heterocycles. The third-order valence-corrected chi connectivity index (χ3v) is 5.74. The number of phenols is 4. The van der Waals surface area contributed by atoms with Gasteiger partial charge in [-0.05, 0) is 24.3 Å². The molecule has 8 nitrogen and oxygen atoms in total. The fraction of sp³-hybridized carbons (Fsp3) is 0.143. The summed E-state index contributed by atoms with van der Waals surface area (Å²) in [7, 11) is 0. The molecule has 0 heterocycles. The van der Waals surface area contributed by atoms with Crippen molar-refractivity contribution < 1.29 is 39.0 Å². The normalized spacial score (nSPS) is 11.5. The molecule has 0 aliphatic rings. The summed E-state index contributed by atoms with van der Waals surface area (Å²) < 4.78 is 24.3. The molecule has 0 atom stereocenters. The third-order valence-electron chi connectivity index (χ3n) is 5.74. The van der Waals surface area contributed by atoms with E-state index in [-0.39, 0.29) is 49.4 Å². The third kappa shape index (κ3) is 7.02. The van der Waals surface area contributed by atoms with Crippen LogP contribution in [0.3, 0.4) is 0 Å². The Morgan fingerprint density at radius 3 is 0.811 bits per heavy atom. The number of aromatic hydroxyl groups is 4. The van der Waals surface area contributed by atoms with E-state index < -0.39 is 6.96 Å². The number of rotatable bonds is 12. The molecule has 4 aromatic carbocycles. The van der Waals surface area contributed by atoms with Gasteiger partial charge in [-0.25, -0.2) is 0 Å². The molecular weight excluding hydrogens is 475 g/mol. The summed E-state index contributed by atoms with van der Waals surface area (Å²) in [4.78, 5) is 0. The first-order valence-corrected chi connectivity index (χ1v) is 11.7. The van der Waals surface area contributed by atoms with Crippen molar-refractivity contribution in [2.24, 2.45) is 0 Å². The summed E-state index contributed by atoms with van der Waals surface area (Å²) >= 11 is 0. The monoisotopic (exact) mass is 503 g/mol. The topological polar surface area (TPSA) is 118 Å². The highest BCUT2D eigenvalue weighted by molar-refractivity contribution is 6.53. The molecule has 0 fully saturated rings. The largest absolute Gasteiger partial charge is 0.532 e. The van der Waals surface area contributed by atoms with Gasteiger partial charge in [0, 0.05) is 48.7 Å². The van der Waals surface area contributed by atoms with E-state index in [2.05, 4.69) is 0 Å². The molecule has 37 heavy (non-hydrogen) atoms. The summed E-state index contributed by atoms with van der Waals surface area (Å²) in [5.74, 6) is 0.0900. The predicted octanol–water partition coefficient (Wildman–Crippen LogP) is 5.11. The van der Waals surface area contributed by atoms with Gasteiger partial charge in [-0.1, -0.05) is 72.8 Å². The van der Waals surface area contributed by atoms with Crippen molar-refractivity contribution in [2.45, 2.75) is 26.4 Å². The van der Waals surface area contributed by atoms with E-state index in [9.17, 15) is 20.4 Å². The van der Waals surface area contributed by atoms with Gasteiger partial charge in [0.2, 0.25) is 0 Å². The minimum Gasteiger partial charge on any atom is -0.515 e. The van der Waals surface area contributed by atoms with Crippen molar-refractivity contribution in [3.05, 3.63) is 119 Å². The zero-order valence-corrected chi connectivity index (χ0v) is 20.1. The van der Waals surface area contributed by atoms with E-state index in [1.807, 2.05) is 0 Å². The molecule has 0 bridgehead atoms. The number of phenolic OH excluding ortho intramolecular Hbond substituents is 4. The zero-order valence-electron chi connectivity index (χ0n) is 20.1. The van der Waals surface area contributed by atoms with Crippen molar-refractivity contribution >= 4 is 6.96 Å². The first-order valence-electron chi connectivity index (χ1n) is 11.7. The van der Waals surface area contributed by atoms with Crippen LogP contribution in [0, 0.1) is 0 Å². The molecule has 0 amide bonds. The molecule has 4 aromatic rings. The lowest BCUT2D eigenvalue weighted by molar-refractivity contribution is -0.0528. The van der Waals surface area contributed by atoms with Gasteiger partial charge < -0.3 is 39.0 Å². The molecule has 4 N–H and O–H groups in total. The van der Waals surface area contributed by atoms with Crippen LogP contribution in [-0.4, -0.2) is 27.4 Å². The fourth-order valence-electron chi connectivity index (χ4n) is 3.59. The zero-order chi connectivity index (χ0) is 26.1. The summed E-state index contributed by atoms with van der Waals surface area (Å²) in [6, 6.07) is 26.6. The van der Waals surface area contributed by atoms with Gasteiger partial charge in [-0.2, -0.15) is 0 Å². The van der Waals surface area contributed by atoms with Crippen LogP contribution in [0.15, 0.2) is 97.1 Å². The minimum atomic E-state index is -3.01. The minimum absolute atomic E-state index is 0.0225. The SMILES string of the molecule is Oc1ccccc1CO[B-](OCc1ccccc1O)(OCc1ccccc1O)OCc1ccccc1O. The van der Waals surface area contributed by atoms with Crippen LogP contribution < -0.4 is 0 Å². The van der Waals surface area contributed by atoms with Crippen LogP contribution in [-0.2, 0) is 45.0 Å². The highest BCUT2D eigenvalue weighted by atomic mass is 16.9. The molecule has 0 saturated heterocycles. The van der Waals surface area contributed by atoms with E-state index >= 15 is 0 Å². The van der Waals surface area contributed by atoms with Crippen molar-refractivity contribution in [1.82, 2.24) is 0 Å². The Bertz CT molecular complexity index is 1110.